The summed E-state index contributed by atoms with van der Waals surface area (Å²) in [6.07, 6.45) is 9.66. The summed E-state index contributed by atoms with van der Waals surface area (Å²) in [6.45, 7) is 3.36. The largest absolute Gasteiger partial charge is 0.339 e. The van der Waals surface area contributed by atoms with Gasteiger partial charge in [-0.15, -0.1) is 0 Å². The molecule has 3 heteroatoms. The fourth-order valence-corrected chi connectivity index (χ4v) is 3.06. The predicted octanol–water partition coefficient (Wildman–Crippen LogP) is 2.17. The van der Waals surface area contributed by atoms with Gasteiger partial charge in [-0.25, -0.2) is 0 Å². The maximum absolute atomic E-state index is 12.3. The van der Waals surface area contributed by atoms with Crippen molar-refractivity contribution in [1.29, 1.82) is 0 Å². The van der Waals surface area contributed by atoms with Gasteiger partial charge in [0.2, 0.25) is 5.91 Å². The van der Waals surface area contributed by atoms with Gasteiger partial charge in [0.1, 0.15) is 0 Å². The second-order valence-corrected chi connectivity index (χ2v) is 6.45. The number of carbonyl (C=O) groups is 1. The van der Waals surface area contributed by atoms with Crippen molar-refractivity contribution in [3.8, 4) is 0 Å². The number of carbonyl (C=O) groups excluding carboxylic acids is 1. The molecule has 0 spiro atoms. The number of piperidine rings is 1. The summed E-state index contributed by atoms with van der Waals surface area (Å²) in [6, 6.07) is 0.617. The predicted molar refractivity (Wildman–Crippen MR) is 72.3 cm³/mol. The van der Waals surface area contributed by atoms with Gasteiger partial charge >= 0.3 is 0 Å². The van der Waals surface area contributed by atoms with Gasteiger partial charge in [0.15, 0.2) is 0 Å². The highest BCUT2D eigenvalue weighted by Crippen LogP contribution is 2.35. The summed E-state index contributed by atoms with van der Waals surface area (Å²) in [5.74, 6) is 2.08. The van der Waals surface area contributed by atoms with E-state index < -0.39 is 0 Å². The van der Waals surface area contributed by atoms with Crippen LogP contribution >= 0.6 is 0 Å². The molecule has 1 N–H and O–H groups in total. The van der Waals surface area contributed by atoms with Gasteiger partial charge in [-0.05, 0) is 69.9 Å². The Morgan fingerprint density at radius 3 is 2.33 bits per heavy atom. The fourth-order valence-electron chi connectivity index (χ4n) is 3.06. The van der Waals surface area contributed by atoms with E-state index in [-0.39, 0.29) is 0 Å². The minimum Gasteiger partial charge on any atom is -0.339 e. The zero-order valence-electron chi connectivity index (χ0n) is 11.4. The van der Waals surface area contributed by atoms with E-state index in [0.29, 0.717) is 11.9 Å². The van der Waals surface area contributed by atoms with E-state index >= 15 is 0 Å². The Morgan fingerprint density at radius 1 is 1.00 bits per heavy atom. The van der Waals surface area contributed by atoms with Gasteiger partial charge in [-0.1, -0.05) is 0 Å². The quantitative estimate of drug-likeness (QED) is 0.783. The summed E-state index contributed by atoms with van der Waals surface area (Å²) in [5, 5.41) is 3.39. The van der Waals surface area contributed by atoms with Gasteiger partial charge in [-0.2, -0.15) is 0 Å². The average molecular weight is 250 g/mol. The van der Waals surface area contributed by atoms with Gasteiger partial charge in [0.05, 0.1) is 0 Å². The van der Waals surface area contributed by atoms with Crippen LogP contribution in [0.1, 0.15) is 51.4 Å². The Balaban J connectivity index is 1.43. The van der Waals surface area contributed by atoms with Crippen molar-refractivity contribution in [2.45, 2.75) is 57.4 Å². The minimum atomic E-state index is 0.447. The molecule has 2 aliphatic carbocycles. The molecule has 0 radical (unpaired) electrons. The van der Waals surface area contributed by atoms with Crippen LogP contribution in [0.15, 0.2) is 0 Å². The maximum Gasteiger partial charge on any atom is 0.222 e. The van der Waals surface area contributed by atoms with Crippen LogP contribution in [0.3, 0.4) is 0 Å². The zero-order valence-corrected chi connectivity index (χ0v) is 11.4. The number of hydrogen-bond acceptors (Lipinski definition) is 2. The summed E-state index contributed by atoms with van der Waals surface area (Å²) in [4.78, 5) is 14.6. The first-order valence-corrected chi connectivity index (χ1v) is 7.83. The normalized spacial score (nSPS) is 25.1. The van der Waals surface area contributed by atoms with Gasteiger partial charge < -0.3 is 10.2 Å². The molecule has 0 unspecified atom stereocenters. The van der Waals surface area contributed by atoms with Crippen LogP contribution in [0.4, 0.5) is 0 Å². The molecule has 0 atom stereocenters. The van der Waals surface area contributed by atoms with Crippen LogP contribution in [0.2, 0.25) is 0 Å². The first kappa shape index (κ1) is 12.5. The molecule has 1 aliphatic heterocycles. The van der Waals surface area contributed by atoms with Crippen molar-refractivity contribution in [2.24, 2.45) is 11.8 Å². The summed E-state index contributed by atoms with van der Waals surface area (Å²) in [5.41, 5.74) is 0. The fraction of sp³-hybridized carbons (Fsp3) is 0.933. The van der Waals surface area contributed by atoms with Crippen molar-refractivity contribution in [1.82, 2.24) is 10.2 Å². The highest BCUT2D eigenvalue weighted by molar-refractivity contribution is 5.76. The van der Waals surface area contributed by atoms with Crippen LogP contribution in [0.25, 0.3) is 0 Å². The van der Waals surface area contributed by atoms with Gasteiger partial charge in [0, 0.05) is 19.0 Å². The van der Waals surface area contributed by atoms with E-state index in [0.717, 1.165) is 44.3 Å². The summed E-state index contributed by atoms with van der Waals surface area (Å²) < 4.78 is 0. The lowest BCUT2D eigenvalue weighted by Gasteiger charge is -2.25. The minimum absolute atomic E-state index is 0.447. The lowest BCUT2D eigenvalue weighted by molar-refractivity contribution is -0.132. The topological polar surface area (TPSA) is 32.3 Å². The average Bonchev–Trinajstić information content (AvgIpc) is 3.28. The lowest BCUT2D eigenvalue weighted by Crippen LogP contribution is -2.35. The maximum atomic E-state index is 12.3. The highest BCUT2D eigenvalue weighted by atomic mass is 16.2. The standard InChI is InChI=1S/C15H26N2O/c18-15(6-3-12-7-9-16-10-8-12)17(14-4-5-14)11-13-1-2-13/h12-14,16H,1-11H2. The Labute approximate surface area is 110 Å². The summed E-state index contributed by atoms with van der Waals surface area (Å²) in [7, 11) is 0. The molecular formula is C15H26N2O. The van der Waals surface area contributed by atoms with Crippen molar-refractivity contribution in [3.05, 3.63) is 0 Å². The molecule has 3 nitrogen and oxygen atoms in total. The molecule has 2 saturated carbocycles. The molecule has 0 aromatic heterocycles. The third kappa shape index (κ3) is 3.47. The Morgan fingerprint density at radius 2 is 1.72 bits per heavy atom. The number of amides is 1. The molecule has 102 valence electrons. The second-order valence-electron chi connectivity index (χ2n) is 6.45. The molecule has 0 aromatic rings. The van der Waals surface area contributed by atoms with E-state index in [1.165, 1.54) is 38.5 Å². The third-order valence-electron chi connectivity index (χ3n) is 4.68. The van der Waals surface area contributed by atoms with Crippen LogP contribution < -0.4 is 5.32 Å². The molecule has 0 aromatic carbocycles. The highest BCUT2D eigenvalue weighted by Gasteiger charge is 2.36. The zero-order chi connectivity index (χ0) is 12.4. The summed E-state index contributed by atoms with van der Waals surface area (Å²) >= 11 is 0. The third-order valence-corrected chi connectivity index (χ3v) is 4.68. The number of nitrogens with zero attached hydrogens (tertiary/aromatic N) is 1. The van der Waals surface area contributed by atoms with Crippen molar-refractivity contribution in [2.75, 3.05) is 19.6 Å². The Hall–Kier alpha value is -0.570. The number of hydrogen-bond donors (Lipinski definition) is 1. The van der Waals surface area contributed by atoms with E-state index in [2.05, 4.69) is 10.2 Å². The van der Waals surface area contributed by atoms with E-state index in [9.17, 15) is 4.79 Å². The molecule has 3 aliphatic rings. The van der Waals surface area contributed by atoms with E-state index in [1.807, 2.05) is 0 Å². The van der Waals surface area contributed by atoms with E-state index in [4.69, 9.17) is 0 Å². The van der Waals surface area contributed by atoms with Crippen LogP contribution in [-0.2, 0) is 4.79 Å². The van der Waals surface area contributed by atoms with E-state index in [1.54, 1.807) is 0 Å². The smallest absolute Gasteiger partial charge is 0.222 e. The Kier molecular flexibility index (Phi) is 3.88. The van der Waals surface area contributed by atoms with Gasteiger partial charge in [0.25, 0.3) is 0 Å². The van der Waals surface area contributed by atoms with Crippen molar-refractivity contribution >= 4 is 5.91 Å². The SMILES string of the molecule is O=C(CCC1CCNCC1)N(CC1CC1)C1CC1. The first-order chi connectivity index (χ1) is 8.83. The molecule has 1 amide bonds. The molecule has 1 heterocycles. The first-order valence-electron chi connectivity index (χ1n) is 7.83. The van der Waals surface area contributed by atoms with Crippen molar-refractivity contribution < 1.29 is 4.79 Å². The molecule has 0 bridgehead atoms. The molecular weight excluding hydrogens is 224 g/mol. The van der Waals surface area contributed by atoms with Crippen LogP contribution in [0.5, 0.6) is 0 Å². The molecule has 1 saturated heterocycles. The molecule has 18 heavy (non-hydrogen) atoms. The van der Waals surface area contributed by atoms with Gasteiger partial charge in [-0.3, -0.25) is 4.79 Å². The lowest BCUT2D eigenvalue weighted by atomic mass is 9.93. The Bertz CT molecular complexity index is 291. The second kappa shape index (κ2) is 5.60. The number of nitrogens with one attached hydrogen (secondary N) is 1. The van der Waals surface area contributed by atoms with Crippen LogP contribution in [0, 0.1) is 11.8 Å². The monoisotopic (exact) mass is 250 g/mol. The molecule has 3 fully saturated rings. The molecule has 3 rings (SSSR count). The van der Waals surface area contributed by atoms with Crippen LogP contribution in [-0.4, -0.2) is 36.5 Å². The van der Waals surface area contributed by atoms with Crippen molar-refractivity contribution in [3.63, 3.8) is 0 Å². The number of rotatable bonds is 6.